The predicted octanol–water partition coefficient (Wildman–Crippen LogP) is 0.522. The quantitative estimate of drug-likeness (QED) is 0.641. The van der Waals surface area contributed by atoms with E-state index in [0.717, 1.165) is 24.8 Å². The van der Waals surface area contributed by atoms with Gasteiger partial charge >= 0.3 is 5.69 Å². The highest BCUT2D eigenvalue weighted by atomic mass is 19.1. The molecule has 0 spiro atoms. The van der Waals surface area contributed by atoms with Crippen molar-refractivity contribution in [1.29, 1.82) is 0 Å². The van der Waals surface area contributed by atoms with Gasteiger partial charge in [0.1, 0.15) is 12.4 Å². The van der Waals surface area contributed by atoms with Gasteiger partial charge in [-0.1, -0.05) is 12.1 Å². The van der Waals surface area contributed by atoms with E-state index < -0.39 is 11.2 Å². The van der Waals surface area contributed by atoms with Gasteiger partial charge in [0.05, 0.1) is 0 Å². The largest absolute Gasteiger partial charge is 0.344 e. The lowest BCUT2D eigenvalue weighted by atomic mass is 9.99. The van der Waals surface area contributed by atoms with Gasteiger partial charge in [-0.05, 0) is 37.0 Å². The van der Waals surface area contributed by atoms with Crippen LogP contribution in [0.2, 0.25) is 0 Å². The fourth-order valence-electron chi connectivity index (χ4n) is 3.26. The van der Waals surface area contributed by atoms with Gasteiger partial charge in [-0.25, -0.2) is 9.18 Å². The van der Waals surface area contributed by atoms with Crippen molar-refractivity contribution in [2.45, 2.75) is 37.9 Å². The Bertz CT molecular complexity index is 924. The Morgan fingerprint density at radius 1 is 1.21 bits per heavy atom. The molecule has 2 unspecified atom stereocenters. The molecule has 2 atom stereocenters. The summed E-state index contributed by atoms with van der Waals surface area (Å²) in [5.41, 5.74) is 6.43. The van der Waals surface area contributed by atoms with Gasteiger partial charge < -0.3 is 4.90 Å². The summed E-state index contributed by atoms with van der Waals surface area (Å²) in [5, 5.41) is 0. The molecule has 1 aliphatic heterocycles. The number of halogens is 1. The predicted molar refractivity (Wildman–Crippen MR) is 102 cm³/mol. The second-order valence-electron chi connectivity index (χ2n) is 7.02. The minimum absolute atomic E-state index is 0.109. The number of benzene rings is 1. The van der Waals surface area contributed by atoms with Gasteiger partial charge in [0, 0.05) is 37.9 Å². The van der Waals surface area contributed by atoms with Crippen molar-refractivity contribution in [2.75, 3.05) is 13.6 Å². The molecule has 0 radical (unpaired) electrons. The number of likely N-dealkylation sites (N-methyl/N-ethyl adjacent to an activating group) is 1. The molecule has 3 rings (SSSR count). The fraction of sp³-hybridized carbons (Fsp3) is 0.421. The van der Waals surface area contributed by atoms with Crippen LogP contribution in [0.4, 0.5) is 4.39 Å². The van der Waals surface area contributed by atoms with Crippen LogP contribution in [0.15, 0.2) is 46.1 Å². The van der Waals surface area contributed by atoms with Crippen LogP contribution in [0.3, 0.4) is 0 Å². The molecule has 1 amide bonds. The van der Waals surface area contributed by atoms with Crippen molar-refractivity contribution >= 4 is 5.91 Å². The standard InChI is InChI=1S/C19H24FN5O3/c1-24(18(27)12-25-10-8-17(26)21-19(25)28)9-2-3-15-11-16(23-22-15)13-4-6-14(20)7-5-13/h4-8,10,15-16,22-23H,2-3,9,11-12H2,1H3,(H,21,26,28). The maximum Gasteiger partial charge on any atom is 0.328 e. The van der Waals surface area contributed by atoms with E-state index in [1.165, 1.54) is 29.0 Å². The number of aromatic nitrogens is 2. The highest BCUT2D eigenvalue weighted by molar-refractivity contribution is 5.75. The van der Waals surface area contributed by atoms with Gasteiger partial charge in [0.25, 0.3) is 5.56 Å². The summed E-state index contributed by atoms with van der Waals surface area (Å²) in [6, 6.07) is 8.09. The Labute approximate surface area is 161 Å². The van der Waals surface area contributed by atoms with Crippen LogP contribution in [0, 0.1) is 5.82 Å². The molecule has 1 aliphatic rings. The van der Waals surface area contributed by atoms with Crippen molar-refractivity contribution in [2.24, 2.45) is 0 Å². The van der Waals surface area contributed by atoms with Crippen LogP contribution in [-0.2, 0) is 11.3 Å². The molecule has 2 heterocycles. The maximum absolute atomic E-state index is 13.0. The first-order chi connectivity index (χ1) is 13.4. The van der Waals surface area contributed by atoms with Crippen LogP contribution < -0.4 is 22.1 Å². The minimum atomic E-state index is -0.595. The number of aromatic amines is 1. The Balaban J connectivity index is 1.42. The lowest BCUT2D eigenvalue weighted by molar-refractivity contribution is -0.130. The molecule has 0 bridgehead atoms. The van der Waals surface area contributed by atoms with Crippen molar-refractivity contribution in [1.82, 2.24) is 25.3 Å². The average molecular weight is 389 g/mol. The molecule has 0 saturated carbocycles. The number of carbonyl (C=O) groups excluding carboxylic acids is 1. The lowest BCUT2D eigenvalue weighted by Crippen LogP contribution is -2.37. The van der Waals surface area contributed by atoms with Crippen molar-refractivity contribution in [3.8, 4) is 0 Å². The van der Waals surface area contributed by atoms with Crippen molar-refractivity contribution in [3.63, 3.8) is 0 Å². The third-order valence-corrected chi connectivity index (χ3v) is 4.93. The number of hydrogen-bond donors (Lipinski definition) is 3. The minimum Gasteiger partial charge on any atom is -0.344 e. The van der Waals surface area contributed by atoms with Gasteiger partial charge in [0.2, 0.25) is 5.91 Å². The van der Waals surface area contributed by atoms with Crippen LogP contribution in [0.25, 0.3) is 0 Å². The Hall–Kier alpha value is -2.78. The van der Waals surface area contributed by atoms with E-state index in [-0.39, 0.29) is 30.4 Å². The monoisotopic (exact) mass is 389 g/mol. The van der Waals surface area contributed by atoms with E-state index in [4.69, 9.17) is 0 Å². The highest BCUT2D eigenvalue weighted by Gasteiger charge is 2.24. The topological polar surface area (TPSA) is 99.2 Å². The number of hydrogen-bond acceptors (Lipinski definition) is 5. The molecule has 1 fully saturated rings. The van der Waals surface area contributed by atoms with Crippen LogP contribution >= 0.6 is 0 Å². The van der Waals surface area contributed by atoms with Gasteiger partial charge in [0.15, 0.2) is 0 Å². The summed E-state index contributed by atoms with van der Waals surface area (Å²) in [7, 11) is 1.70. The zero-order valence-electron chi connectivity index (χ0n) is 15.7. The Morgan fingerprint density at radius 3 is 2.68 bits per heavy atom. The summed E-state index contributed by atoms with van der Waals surface area (Å²) >= 11 is 0. The second-order valence-corrected chi connectivity index (χ2v) is 7.02. The van der Waals surface area contributed by atoms with E-state index in [0.29, 0.717) is 6.54 Å². The number of carbonyl (C=O) groups is 1. The zero-order chi connectivity index (χ0) is 20.1. The number of rotatable bonds is 7. The highest BCUT2D eigenvalue weighted by Crippen LogP contribution is 2.24. The SMILES string of the molecule is CN(CCCC1CC(c2ccc(F)cc2)NN1)C(=O)Cn1ccc(=O)[nH]c1=O. The Morgan fingerprint density at radius 2 is 1.96 bits per heavy atom. The van der Waals surface area contributed by atoms with E-state index in [1.807, 2.05) is 0 Å². The molecule has 1 saturated heterocycles. The van der Waals surface area contributed by atoms with E-state index >= 15 is 0 Å². The molecule has 3 N–H and O–H groups in total. The molecular weight excluding hydrogens is 365 g/mol. The Kier molecular flexibility index (Phi) is 6.37. The third kappa shape index (κ3) is 5.14. The number of H-pyrrole nitrogens is 1. The lowest BCUT2D eigenvalue weighted by Gasteiger charge is -2.18. The van der Waals surface area contributed by atoms with E-state index in [9.17, 15) is 18.8 Å². The fourth-order valence-corrected chi connectivity index (χ4v) is 3.26. The smallest absolute Gasteiger partial charge is 0.328 e. The zero-order valence-corrected chi connectivity index (χ0v) is 15.7. The van der Waals surface area contributed by atoms with Gasteiger partial charge in [-0.3, -0.25) is 30.0 Å². The first-order valence-corrected chi connectivity index (χ1v) is 9.22. The number of hydrazine groups is 1. The summed E-state index contributed by atoms with van der Waals surface area (Å²) in [6.07, 6.45) is 3.88. The van der Waals surface area contributed by atoms with Crippen LogP contribution in [0.5, 0.6) is 0 Å². The molecule has 8 nitrogen and oxygen atoms in total. The summed E-state index contributed by atoms with van der Waals surface area (Å²) in [6.45, 7) is 0.457. The van der Waals surface area contributed by atoms with Gasteiger partial charge in [-0.15, -0.1) is 0 Å². The van der Waals surface area contributed by atoms with Crippen molar-refractivity contribution in [3.05, 3.63) is 68.7 Å². The van der Waals surface area contributed by atoms with E-state index in [2.05, 4.69) is 15.8 Å². The number of nitrogens with zero attached hydrogens (tertiary/aromatic N) is 2. The molecular formula is C19H24FN5O3. The number of amides is 1. The molecule has 28 heavy (non-hydrogen) atoms. The summed E-state index contributed by atoms with van der Waals surface area (Å²) in [5.74, 6) is -0.445. The molecule has 2 aromatic rings. The molecule has 1 aromatic heterocycles. The third-order valence-electron chi connectivity index (χ3n) is 4.93. The van der Waals surface area contributed by atoms with E-state index in [1.54, 1.807) is 24.1 Å². The summed E-state index contributed by atoms with van der Waals surface area (Å²) in [4.78, 5) is 38.7. The van der Waals surface area contributed by atoms with Crippen LogP contribution in [0.1, 0.15) is 30.9 Å². The molecule has 150 valence electrons. The molecule has 9 heteroatoms. The van der Waals surface area contributed by atoms with Crippen LogP contribution in [-0.4, -0.2) is 40.0 Å². The van der Waals surface area contributed by atoms with Gasteiger partial charge in [-0.2, -0.15) is 0 Å². The normalized spacial score (nSPS) is 18.9. The maximum atomic E-state index is 13.0. The first-order valence-electron chi connectivity index (χ1n) is 9.22. The average Bonchev–Trinajstić information content (AvgIpc) is 3.13. The second kappa shape index (κ2) is 8.94. The molecule has 1 aromatic carbocycles. The summed E-state index contributed by atoms with van der Waals surface area (Å²) < 4.78 is 14.2. The van der Waals surface area contributed by atoms with Crippen molar-refractivity contribution < 1.29 is 9.18 Å². The first kappa shape index (κ1) is 20.0. The molecule has 0 aliphatic carbocycles. The number of nitrogens with one attached hydrogen (secondary N) is 3.